The minimum absolute atomic E-state index is 0.0634. The molecular formula is C60H116O6. The summed E-state index contributed by atoms with van der Waals surface area (Å²) < 4.78 is 16.9. The summed E-state index contributed by atoms with van der Waals surface area (Å²) >= 11 is 0. The number of rotatable bonds is 53. The summed E-state index contributed by atoms with van der Waals surface area (Å²) in [5.74, 6) is 1.67. The number of ether oxygens (including phenoxy) is 3. The molecule has 392 valence electrons. The fraction of sp³-hybridized carbons (Fsp3) is 0.950. The molecule has 0 aliphatic rings. The molecule has 0 aliphatic heterocycles. The van der Waals surface area contributed by atoms with E-state index in [1.807, 2.05) is 0 Å². The van der Waals surface area contributed by atoms with E-state index in [4.69, 9.17) is 14.2 Å². The predicted molar refractivity (Wildman–Crippen MR) is 284 cm³/mol. The third kappa shape index (κ3) is 53.4. The average molecular weight is 934 g/mol. The minimum atomic E-state index is -0.764. The van der Waals surface area contributed by atoms with E-state index in [0.29, 0.717) is 19.3 Å². The van der Waals surface area contributed by atoms with Crippen molar-refractivity contribution in [3.8, 4) is 0 Å². The van der Waals surface area contributed by atoms with Gasteiger partial charge in [0.15, 0.2) is 6.10 Å². The topological polar surface area (TPSA) is 78.9 Å². The molecule has 0 radical (unpaired) electrons. The normalized spacial score (nSPS) is 12.1. The predicted octanol–water partition coefficient (Wildman–Crippen LogP) is 19.5. The van der Waals surface area contributed by atoms with Crippen LogP contribution in [0.25, 0.3) is 0 Å². The van der Waals surface area contributed by atoms with Crippen molar-refractivity contribution < 1.29 is 28.6 Å². The molecule has 0 unspecified atom stereocenters. The van der Waals surface area contributed by atoms with E-state index >= 15 is 0 Å². The number of esters is 3. The maximum Gasteiger partial charge on any atom is 0.306 e. The Hall–Kier alpha value is -1.59. The molecule has 0 saturated carbocycles. The molecule has 6 nitrogen and oxygen atoms in total. The summed E-state index contributed by atoms with van der Waals surface area (Å²) in [6.45, 7) is 13.8. The average Bonchev–Trinajstić information content (AvgIpc) is 3.28. The van der Waals surface area contributed by atoms with E-state index in [-0.39, 0.29) is 31.1 Å². The summed E-state index contributed by atoms with van der Waals surface area (Å²) in [5, 5.41) is 0. The van der Waals surface area contributed by atoms with Gasteiger partial charge in [0.05, 0.1) is 0 Å². The van der Waals surface area contributed by atoms with Gasteiger partial charge in [-0.2, -0.15) is 0 Å². The van der Waals surface area contributed by atoms with E-state index in [2.05, 4.69) is 41.5 Å². The maximum absolute atomic E-state index is 12.8. The molecule has 66 heavy (non-hydrogen) atoms. The zero-order valence-corrected chi connectivity index (χ0v) is 45.5. The van der Waals surface area contributed by atoms with E-state index in [1.54, 1.807) is 0 Å². The maximum atomic E-state index is 12.8. The number of carbonyl (C=O) groups excluding carboxylic acids is 3. The quantitative estimate of drug-likeness (QED) is 0.0343. The minimum Gasteiger partial charge on any atom is -0.462 e. The molecule has 0 spiro atoms. The largest absolute Gasteiger partial charge is 0.462 e. The Morgan fingerprint density at radius 3 is 0.652 bits per heavy atom. The number of unbranched alkanes of at least 4 members (excludes halogenated alkanes) is 36. The second kappa shape index (κ2) is 51.3. The molecule has 0 N–H and O–H groups in total. The third-order valence-electron chi connectivity index (χ3n) is 13.6. The molecule has 0 aromatic rings. The summed E-state index contributed by atoms with van der Waals surface area (Å²) in [5.41, 5.74) is 0. The van der Waals surface area contributed by atoms with Crippen LogP contribution in [0.3, 0.4) is 0 Å². The van der Waals surface area contributed by atoms with Crippen LogP contribution in [-0.2, 0) is 28.6 Å². The second-order valence-corrected chi connectivity index (χ2v) is 22.1. The molecule has 1 atom stereocenters. The first-order valence-electron chi connectivity index (χ1n) is 29.6. The Morgan fingerprint density at radius 1 is 0.258 bits per heavy atom. The molecule has 0 saturated heterocycles. The Labute approximate surface area is 412 Å². The standard InChI is InChI=1S/C60H116O6/c1-54(2)46-40-34-28-22-16-12-9-7-8-10-14-18-25-31-37-43-49-58(61)64-52-57(66-60(63)51-45-39-33-27-21-20-24-30-36-42-48-56(5)6)53-65-59(62)50-44-38-32-26-19-15-11-13-17-23-29-35-41-47-55(3)4/h54-57H,7-53H2,1-6H3/t57-/m0/s1. The van der Waals surface area contributed by atoms with Crippen LogP contribution in [0, 0.1) is 17.8 Å². The van der Waals surface area contributed by atoms with Gasteiger partial charge in [-0.05, 0) is 37.0 Å². The fourth-order valence-corrected chi connectivity index (χ4v) is 9.18. The van der Waals surface area contributed by atoms with Crippen LogP contribution in [0.15, 0.2) is 0 Å². The summed E-state index contributed by atoms with van der Waals surface area (Å²) in [7, 11) is 0. The van der Waals surface area contributed by atoms with Gasteiger partial charge < -0.3 is 14.2 Å². The van der Waals surface area contributed by atoms with Crippen LogP contribution in [0.4, 0.5) is 0 Å². The van der Waals surface area contributed by atoms with Gasteiger partial charge in [0.1, 0.15) is 13.2 Å². The molecule has 0 amide bonds. The Bertz CT molecular complexity index is 1020. The Kier molecular flexibility index (Phi) is 50.0. The zero-order valence-electron chi connectivity index (χ0n) is 45.5. The summed E-state index contributed by atoms with van der Waals surface area (Å²) in [6.07, 6.45) is 53.8. The SMILES string of the molecule is CC(C)CCCCCCCCCCCCCCCCCCC(=O)OC[C@@H](COC(=O)CCCCCCCCCCCCCCCC(C)C)OC(=O)CCCCCCCCCCCCC(C)C. The van der Waals surface area contributed by atoms with Crippen molar-refractivity contribution in [2.45, 2.75) is 337 Å². The summed E-state index contributed by atoms with van der Waals surface area (Å²) in [4.78, 5) is 38.2. The zero-order chi connectivity index (χ0) is 48.4. The lowest BCUT2D eigenvalue weighted by Crippen LogP contribution is -2.30. The van der Waals surface area contributed by atoms with Crippen LogP contribution < -0.4 is 0 Å². The molecule has 0 aliphatic carbocycles. The van der Waals surface area contributed by atoms with Crippen molar-refractivity contribution in [3.05, 3.63) is 0 Å². The highest BCUT2D eigenvalue weighted by atomic mass is 16.6. The molecule has 0 bridgehead atoms. The molecule has 6 heteroatoms. The molecular weight excluding hydrogens is 817 g/mol. The highest BCUT2D eigenvalue weighted by Crippen LogP contribution is 2.19. The van der Waals surface area contributed by atoms with Crippen molar-refractivity contribution in [2.24, 2.45) is 17.8 Å². The van der Waals surface area contributed by atoms with Crippen LogP contribution >= 0.6 is 0 Å². The van der Waals surface area contributed by atoms with Gasteiger partial charge in [0.25, 0.3) is 0 Å². The van der Waals surface area contributed by atoms with Gasteiger partial charge in [-0.1, -0.05) is 292 Å². The van der Waals surface area contributed by atoms with Gasteiger partial charge >= 0.3 is 17.9 Å². The Morgan fingerprint density at radius 2 is 0.439 bits per heavy atom. The van der Waals surface area contributed by atoms with Crippen molar-refractivity contribution >= 4 is 17.9 Å². The first-order chi connectivity index (χ1) is 32.1. The van der Waals surface area contributed by atoms with Crippen LogP contribution in [0.5, 0.6) is 0 Å². The number of hydrogen-bond donors (Lipinski definition) is 0. The first kappa shape index (κ1) is 64.4. The van der Waals surface area contributed by atoms with Gasteiger partial charge in [-0.25, -0.2) is 0 Å². The van der Waals surface area contributed by atoms with Crippen LogP contribution in [0.1, 0.15) is 330 Å². The fourth-order valence-electron chi connectivity index (χ4n) is 9.18. The molecule has 0 rings (SSSR count). The van der Waals surface area contributed by atoms with Gasteiger partial charge in [-0.15, -0.1) is 0 Å². The third-order valence-corrected chi connectivity index (χ3v) is 13.6. The number of hydrogen-bond acceptors (Lipinski definition) is 6. The monoisotopic (exact) mass is 933 g/mol. The lowest BCUT2D eigenvalue weighted by Gasteiger charge is -2.18. The molecule has 0 heterocycles. The van der Waals surface area contributed by atoms with Gasteiger partial charge in [-0.3, -0.25) is 14.4 Å². The van der Waals surface area contributed by atoms with Crippen molar-refractivity contribution in [1.82, 2.24) is 0 Å². The highest BCUT2D eigenvalue weighted by molar-refractivity contribution is 5.71. The first-order valence-corrected chi connectivity index (χ1v) is 29.6. The van der Waals surface area contributed by atoms with Crippen molar-refractivity contribution in [1.29, 1.82) is 0 Å². The number of carbonyl (C=O) groups is 3. The second-order valence-electron chi connectivity index (χ2n) is 22.1. The van der Waals surface area contributed by atoms with E-state index in [1.165, 1.54) is 212 Å². The van der Waals surface area contributed by atoms with Crippen LogP contribution in [0.2, 0.25) is 0 Å². The van der Waals surface area contributed by atoms with Crippen molar-refractivity contribution in [2.75, 3.05) is 13.2 Å². The summed E-state index contributed by atoms with van der Waals surface area (Å²) in [6, 6.07) is 0. The smallest absolute Gasteiger partial charge is 0.306 e. The van der Waals surface area contributed by atoms with Gasteiger partial charge in [0.2, 0.25) is 0 Å². The van der Waals surface area contributed by atoms with E-state index in [0.717, 1.165) is 75.5 Å². The van der Waals surface area contributed by atoms with Crippen LogP contribution in [-0.4, -0.2) is 37.2 Å². The lowest BCUT2D eigenvalue weighted by atomic mass is 10.0. The molecule has 0 aromatic heterocycles. The molecule has 0 aromatic carbocycles. The molecule has 0 fully saturated rings. The highest BCUT2D eigenvalue weighted by Gasteiger charge is 2.19. The van der Waals surface area contributed by atoms with E-state index in [9.17, 15) is 14.4 Å². The van der Waals surface area contributed by atoms with E-state index < -0.39 is 6.10 Å². The van der Waals surface area contributed by atoms with Crippen molar-refractivity contribution in [3.63, 3.8) is 0 Å². The Balaban J connectivity index is 4.27. The van der Waals surface area contributed by atoms with Gasteiger partial charge in [0, 0.05) is 19.3 Å². The lowest BCUT2D eigenvalue weighted by molar-refractivity contribution is -0.167.